The first-order valence-corrected chi connectivity index (χ1v) is 7.32. The second-order valence-electron chi connectivity index (χ2n) is 6.08. The summed E-state index contributed by atoms with van der Waals surface area (Å²) >= 11 is 0. The molecule has 1 aliphatic heterocycles. The molecule has 1 saturated heterocycles. The van der Waals surface area contributed by atoms with E-state index in [1.807, 2.05) is 0 Å². The van der Waals surface area contributed by atoms with Gasteiger partial charge in [0.25, 0.3) is 0 Å². The van der Waals surface area contributed by atoms with Gasteiger partial charge < -0.3 is 15.7 Å². The topological polar surface area (TPSA) is 78.4 Å². The molecule has 0 aromatic heterocycles. The van der Waals surface area contributed by atoms with Crippen LogP contribution in [0.15, 0.2) is 0 Å². The van der Waals surface area contributed by atoms with E-state index < -0.39 is 11.5 Å². The average molecular weight is 268 g/mol. The third-order valence-corrected chi connectivity index (χ3v) is 4.40. The molecular formula is C14H24N2O3. The van der Waals surface area contributed by atoms with Crippen LogP contribution in [0.1, 0.15) is 51.9 Å². The summed E-state index contributed by atoms with van der Waals surface area (Å²) in [6.45, 7) is 2.90. The Morgan fingerprint density at radius 3 is 2.63 bits per heavy atom. The maximum absolute atomic E-state index is 12.2. The number of nitrogens with one attached hydrogen (secondary N) is 2. The number of carbonyl (C=O) groups is 2. The van der Waals surface area contributed by atoms with Crippen LogP contribution in [0.4, 0.5) is 0 Å². The van der Waals surface area contributed by atoms with Gasteiger partial charge in [-0.1, -0.05) is 26.2 Å². The molecule has 0 radical (unpaired) electrons. The highest BCUT2D eigenvalue weighted by molar-refractivity contribution is 5.89. The fourth-order valence-electron chi connectivity index (χ4n) is 3.31. The fraction of sp³-hybridized carbons (Fsp3) is 0.857. The second-order valence-corrected chi connectivity index (χ2v) is 6.08. The van der Waals surface area contributed by atoms with Gasteiger partial charge in [0.2, 0.25) is 5.91 Å². The first-order chi connectivity index (χ1) is 9.03. The SMILES string of the molecule is CC1CCCC(NC(=O)C2CCCCN2)(C(=O)O)C1. The molecule has 5 heteroatoms. The second kappa shape index (κ2) is 5.90. The van der Waals surface area contributed by atoms with Crippen LogP contribution < -0.4 is 10.6 Å². The highest BCUT2D eigenvalue weighted by Gasteiger charge is 2.44. The minimum atomic E-state index is -1.05. The highest BCUT2D eigenvalue weighted by Crippen LogP contribution is 2.32. The molecule has 1 heterocycles. The molecule has 1 saturated carbocycles. The zero-order chi connectivity index (χ0) is 13.9. The molecule has 0 aromatic rings. The van der Waals surface area contributed by atoms with Crippen LogP contribution in [0.25, 0.3) is 0 Å². The third-order valence-electron chi connectivity index (χ3n) is 4.40. The minimum Gasteiger partial charge on any atom is -0.480 e. The highest BCUT2D eigenvalue weighted by atomic mass is 16.4. The molecular weight excluding hydrogens is 244 g/mol. The number of carboxylic acid groups (broad SMARTS) is 1. The Hall–Kier alpha value is -1.10. The van der Waals surface area contributed by atoms with Gasteiger partial charge >= 0.3 is 5.97 Å². The summed E-state index contributed by atoms with van der Waals surface area (Å²) in [5.41, 5.74) is -1.05. The van der Waals surface area contributed by atoms with E-state index in [4.69, 9.17) is 0 Å². The van der Waals surface area contributed by atoms with E-state index >= 15 is 0 Å². The van der Waals surface area contributed by atoms with E-state index in [0.29, 0.717) is 18.8 Å². The molecule has 3 N–H and O–H groups in total. The van der Waals surface area contributed by atoms with Crippen molar-refractivity contribution in [3.8, 4) is 0 Å². The van der Waals surface area contributed by atoms with Gasteiger partial charge in [0.1, 0.15) is 5.54 Å². The molecule has 2 rings (SSSR count). The van der Waals surface area contributed by atoms with E-state index in [2.05, 4.69) is 17.6 Å². The Morgan fingerprint density at radius 2 is 2.05 bits per heavy atom. The first kappa shape index (κ1) is 14.3. The summed E-state index contributed by atoms with van der Waals surface area (Å²) < 4.78 is 0. The summed E-state index contributed by atoms with van der Waals surface area (Å²) in [4.78, 5) is 23.9. The van der Waals surface area contributed by atoms with Gasteiger partial charge in [0.05, 0.1) is 6.04 Å². The van der Waals surface area contributed by atoms with Gasteiger partial charge in [-0.3, -0.25) is 4.79 Å². The van der Waals surface area contributed by atoms with Crippen LogP contribution in [0.5, 0.6) is 0 Å². The van der Waals surface area contributed by atoms with E-state index in [-0.39, 0.29) is 11.9 Å². The predicted molar refractivity (Wildman–Crippen MR) is 71.8 cm³/mol. The lowest BCUT2D eigenvalue weighted by molar-refractivity contribution is -0.150. The first-order valence-electron chi connectivity index (χ1n) is 7.32. The van der Waals surface area contributed by atoms with E-state index in [1.165, 1.54) is 0 Å². The van der Waals surface area contributed by atoms with Crippen LogP contribution in [-0.4, -0.2) is 35.1 Å². The van der Waals surface area contributed by atoms with Crippen LogP contribution in [-0.2, 0) is 9.59 Å². The number of hydrogen-bond donors (Lipinski definition) is 3. The van der Waals surface area contributed by atoms with Crippen molar-refractivity contribution in [2.45, 2.75) is 63.5 Å². The molecule has 5 nitrogen and oxygen atoms in total. The summed E-state index contributed by atoms with van der Waals surface area (Å²) in [5, 5.41) is 15.5. The number of aliphatic carboxylic acids is 1. The number of hydrogen-bond acceptors (Lipinski definition) is 3. The summed E-state index contributed by atoms with van der Waals surface area (Å²) in [5.74, 6) is -0.677. The number of carboxylic acids is 1. The number of rotatable bonds is 3. The lowest BCUT2D eigenvalue weighted by Gasteiger charge is -2.38. The van der Waals surface area contributed by atoms with Crippen molar-refractivity contribution in [1.29, 1.82) is 0 Å². The molecule has 3 atom stereocenters. The molecule has 2 aliphatic rings. The zero-order valence-electron chi connectivity index (χ0n) is 11.6. The maximum atomic E-state index is 12.2. The zero-order valence-corrected chi connectivity index (χ0v) is 11.6. The van der Waals surface area contributed by atoms with Crippen molar-refractivity contribution < 1.29 is 14.7 Å². The smallest absolute Gasteiger partial charge is 0.329 e. The molecule has 3 unspecified atom stereocenters. The molecule has 1 amide bonds. The minimum absolute atomic E-state index is 0.142. The molecule has 0 aromatic carbocycles. The Morgan fingerprint density at radius 1 is 1.26 bits per heavy atom. The number of piperidine rings is 1. The van der Waals surface area contributed by atoms with Crippen molar-refractivity contribution in [1.82, 2.24) is 10.6 Å². The number of carbonyl (C=O) groups excluding carboxylic acids is 1. The fourth-order valence-corrected chi connectivity index (χ4v) is 3.31. The lowest BCUT2D eigenvalue weighted by Crippen LogP contribution is -2.60. The van der Waals surface area contributed by atoms with Crippen LogP contribution in [0.3, 0.4) is 0 Å². The summed E-state index contributed by atoms with van der Waals surface area (Å²) in [6, 6.07) is -0.220. The normalized spacial score (nSPS) is 35.6. The van der Waals surface area contributed by atoms with Crippen molar-refractivity contribution in [2.24, 2.45) is 5.92 Å². The van der Waals surface area contributed by atoms with E-state index in [1.54, 1.807) is 0 Å². The van der Waals surface area contributed by atoms with E-state index in [0.717, 1.165) is 38.6 Å². The lowest BCUT2D eigenvalue weighted by atomic mass is 9.76. The van der Waals surface area contributed by atoms with Crippen LogP contribution in [0.2, 0.25) is 0 Å². The van der Waals surface area contributed by atoms with Crippen molar-refractivity contribution in [2.75, 3.05) is 6.54 Å². The predicted octanol–water partition coefficient (Wildman–Crippen LogP) is 1.28. The Bertz CT molecular complexity index is 353. The van der Waals surface area contributed by atoms with Crippen molar-refractivity contribution in [3.63, 3.8) is 0 Å². The third kappa shape index (κ3) is 3.26. The summed E-state index contributed by atoms with van der Waals surface area (Å²) in [7, 11) is 0. The molecule has 0 bridgehead atoms. The van der Waals surface area contributed by atoms with E-state index in [9.17, 15) is 14.7 Å². The average Bonchev–Trinajstić information content (AvgIpc) is 2.39. The van der Waals surface area contributed by atoms with Gasteiger partial charge in [-0.05, 0) is 38.1 Å². The van der Waals surface area contributed by atoms with Crippen molar-refractivity contribution in [3.05, 3.63) is 0 Å². The Balaban J connectivity index is 2.03. The van der Waals surface area contributed by atoms with Crippen molar-refractivity contribution >= 4 is 11.9 Å². The largest absolute Gasteiger partial charge is 0.480 e. The standard InChI is InChI=1S/C14H24N2O3/c1-10-5-4-7-14(9-10,13(18)19)16-12(17)11-6-2-3-8-15-11/h10-11,15H,2-9H2,1H3,(H,16,17)(H,18,19). The monoisotopic (exact) mass is 268 g/mol. The van der Waals surface area contributed by atoms with Gasteiger partial charge in [0, 0.05) is 0 Å². The van der Waals surface area contributed by atoms with Crippen LogP contribution >= 0.6 is 0 Å². The van der Waals surface area contributed by atoms with Gasteiger partial charge in [-0.2, -0.15) is 0 Å². The molecule has 2 fully saturated rings. The Kier molecular flexibility index (Phi) is 4.45. The maximum Gasteiger partial charge on any atom is 0.329 e. The van der Waals surface area contributed by atoms with Crippen LogP contribution in [0, 0.1) is 5.92 Å². The quantitative estimate of drug-likeness (QED) is 0.720. The van der Waals surface area contributed by atoms with Gasteiger partial charge in [-0.25, -0.2) is 4.79 Å². The molecule has 0 spiro atoms. The van der Waals surface area contributed by atoms with Gasteiger partial charge in [0.15, 0.2) is 0 Å². The molecule has 19 heavy (non-hydrogen) atoms. The molecule has 108 valence electrons. The Labute approximate surface area is 114 Å². The van der Waals surface area contributed by atoms with Gasteiger partial charge in [-0.15, -0.1) is 0 Å². The summed E-state index contributed by atoms with van der Waals surface area (Å²) in [6.07, 6.45) is 5.92. The molecule has 1 aliphatic carbocycles. The number of amides is 1.